The summed E-state index contributed by atoms with van der Waals surface area (Å²) in [5.74, 6) is 1.47. The summed E-state index contributed by atoms with van der Waals surface area (Å²) in [6.45, 7) is 6.12. The van der Waals surface area contributed by atoms with Gasteiger partial charge in [0.2, 0.25) is 0 Å². The first-order valence-corrected chi connectivity index (χ1v) is 9.30. The summed E-state index contributed by atoms with van der Waals surface area (Å²) in [5, 5.41) is 6.67. The standard InChI is InChI=1S/C20H27FN4O/c1-2-22-20(23-14-16-7-5-8-17(21)13-16)24-15-18(19-9-6-12-26-19)25-10-3-4-11-25/h5-9,12-13,18H,2-4,10-11,14-15H2,1H3,(H2,22,23,24). The Labute approximate surface area is 154 Å². The van der Waals surface area contributed by atoms with Crippen molar-refractivity contribution in [3.05, 3.63) is 59.8 Å². The van der Waals surface area contributed by atoms with Crippen molar-refractivity contribution in [1.29, 1.82) is 0 Å². The Kier molecular flexibility index (Phi) is 6.66. The molecule has 2 N–H and O–H groups in total. The van der Waals surface area contributed by atoms with Crippen molar-refractivity contribution in [2.24, 2.45) is 4.99 Å². The molecule has 140 valence electrons. The smallest absolute Gasteiger partial charge is 0.191 e. The molecule has 0 radical (unpaired) electrons. The molecule has 5 nitrogen and oxygen atoms in total. The first-order chi connectivity index (χ1) is 12.8. The zero-order valence-electron chi connectivity index (χ0n) is 15.2. The van der Waals surface area contributed by atoms with Crippen molar-refractivity contribution in [3.63, 3.8) is 0 Å². The van der Waals surface area contributed by atoms with Crippen molar-refractivity contribution in [1.82, 2.24) is 15.5 Å². The number of likely N-dealkylation sites (tertiary alicyclic amines) is 1. The maximum Gasteiger partial charge on any atom is 0.191 e. The lowest BCUT2D eigenvalue weighted by Crippen LogP contribution is -2.42. The third-order valence-electron chi connectivity index (χ3n) is 4.57. The molecule has 0 saturated carbocycles. The molecule has 2 aromatic rings. The fraction of sp³-hybridized carbons (Fsp3) is 0.450. The third-order valence-corrected chi connectivity index (χ3v) is 4.57. The van der Waals surface area contributed by atoms with Gasteiger partial charge in [-0.3, -0.25) is 4.90 Å². The van der Waals surface area contributed by atoms with E-state index in [1.807, 2.05) is 25.1 Å². The normalized spacial score (nSPS) is 16.6. The SMILES string of the molecule is CCNC(=NCc1cccc(F)c1)NCC(c1ccco1)N1CCCC1. The highest BCUT2D eigenvalue weighted by molar-refractivity contribution is 5.79. The van der Waals surface area contributed by atoms with E-state index in [0.717, 1.165) is 36.9 Å². The molecular formula is C20H27FN4O. The van der Waals surface area contributed by atoms with Crippen molar-refractivity contribution < 1.29 is 8.81 Å². The molecule has 0 amide bonds. The van der Waals surface area contributed by atoms with Gasteiger partial charge in [0.1, 0.15) is 11.6 Å². The van der Waals surface area contributed by atoms with Crippen LogP contribution in [0.15, 0.2) is 52.1 Å². The van der Waals surface area contributed by atoms with Gasteiger partial charge in [-0.15, -0.1) is 0 Å². The lowest BCUT2D eigenvalue weighted by molar-refractivity contribution is 0.215. The van der Waals surface area contributed by atoms with E-state index in [2.05, 4.69) is 20.5 Å². The number of rotatable bonds is 7. The van der Waals surface area contributed by atoms with Crippen LogP contribution >= 0.6 is 0 Å². The molecule has 3 rings (SSSR count). The maximum absolute atomic E-state index is 13.3. The van der Waals surface area contributed by atoms with E-state index in [0.29, 0.717) is 13.1 Å². The molecule has 1 aromatic heterocycles. The fourth-order valence-corrected chi connectivity index (χ4v) is 3.28. The predicted molar refractivity (Wildman–Crippen MR) is 101 cm³/mol. The monoisotopic (exact) mass is 358 g/mol. The van der Waals surface area contributed by atoms with Gasteiger partial charge in [0.15, 0.2) is 5.96 Å². The highest BCUT2D eigenvalue weighted by atomic mass is 19.1. The van der Waals surface area contributed by atoms with Crippen LogP contribution in [-0.4, -0.2) is 37.0 Å². The van der Waals surface area contributed by atoms with Crippen LogP contribution in [-0.2, 0) is 6.54 Å². The average Bonchev–Trinajstić information content (AvgIpc) is 3.34. The summed E-state index contributed by atoms with van der Waals surface area (Å²) in [6.07, 6.45) is 4.18. The van der Waals surface area contributed by atoms with E-state index >= 15 is 0 Å². The van der Waals surface area contributed by atoms with Gasteiger partial charge in [0.25, 0.3) is 0 Å². The number of hydrogen-bond donors (Lipinski definition) is 2. The first kappa shape index (κ1) is 18.5. The molecule has 6 heteroatoms. The Bertz CT molecular complexity index is 696. The Morgan fingerprint density at radius 3 is 2.77 bits per heavy atom. The molecule has 26 heavy (non-hydrogen) atoms. The zero-order valence-corrected chi connectivity index (χ0v) is 15.2. The topological polar surface area (TPSA) is 52.8 Å². The van der Waals surface area contributed by atoms with E-state index in [1.165, 1.54) is 25.0 Å². The van der Waals surface area contributed by atoms with Crippen LogP contribution in [0.25, 0.3) is 0 Å². The summed E-state index contributed by atoms with van der Waals surface area (Å²) in [7, 11) is 0. The van der Waals surface area contributed by atoms with Gasteiger partial charge in [-0.1, -0.05) is 12.1 Å². The molecule has 1 fully saturated rings. The second kappa shape index (κ2) is 9.38. The quantitative estimate of drug-likeness (QED) is 0.589. The number of hydrogen-bond acceptors (Lipinski definition) is 3. The minimum absolute atomic E-state index is 0.186. The minimum atomic E-state index is -0.234. The van der Waals surface area contributed by atoms with Crippen LogP contribution < -0.4 is 10.6 Å². The van der Waals surface area contributed by atoms with Gasteiger partial charge < -0.3 is 15.1 Å². The number of furan rings is 1. The van der Waals surface area contributed by atoms with Crippen LogP contribution in [0.1, 0.15) is 37.1 Å². The van der Waals surface area contributed by atoms with Crippen LogP contribution in [0.5, 0.6) is 0 Å². The van der Waals surface area contributed by atoms with Crippen molar-refractivity contribution >= 4 is 5.96 Å². The largest absolute Gasteiger partial charge is 0.468 e. The van der Waals surface area contributed by atoms with Crippen LogP contribution in [0.4, 0.5) is 4.39 Å². The van der Waals surface area contributed by atoms with Gasteiger partial charge in [-0.05, 0) is 62.7 Å². The van der Waals surface area contributed by atoms with E-state index in [-0.39, 0.29) is 11.9 Å². The van der Waals surface area contributed by atoms with Gasteiger partial charge in [0, 0.05) is 13.1 Å². The fourth-order valence-electron chi connectivity index (χ4n) is 3.28. The molecule has 2 heterocycles. The summed E-state index contributed by atoms with van der Waals surface area (Å²) in [6, 6.07) is 10.7. The number of nitrogens with one attached hydrogen (secondary N) is 2. The number of aliphatic imine (C=N–C) groups is 1. The molecule has 0 bridgehead atoms. The van der Waals surface area contributed by atoms with Crippen LogP contribution in [0.3, 0.4) is 0 Å². The molecule has 1 unspecified atom stereocenters. The predicted octanol–water partition coefficient (Wildman–Crippen LogP) is 3.31. The van der Waals surface area contributed by atoms with E-state index < -0.39 is 0 Å². The van der Waals surface area contributed by atoms with Crippen molar-refractivity contribution in [3.8, 4) is 0 Å². The maximum atomic E-state index is 13.3. The Morgan fingerprint density at radius 1 is 1.23 bits per heavy atom. The van der Waals surface area contributed by atoms with Crippen molar-refractivity contribution in [2.45, 2.75) is 32.4 Å². The Hall–Kier alpha value is -2.34. The second-order valence-corrected chi connectivity index (χ2v) is 6.48. The number of halogens is 1. The van der Waals surface area contributed by atoms with E-state index in [1.54, 1.807) is 12.3 Å². The number of guanidine groups is 1. The van der Waals surface area contributed by atoms with E-state index in [9.17, 15) is 4.39 Å². The van der Waals surface area contributed by atoms with Crippen LogP contribution in [0.2, 0.25) is 0 Å². The lowest BCUT2D eigenvalue weighted by Gasteiger charge is -2.26. The number of benzene rings is 1. The average molecular weight is 358 g/mol. The highest BCUT2D eigenvalue weighted by Gasteiger charge is 2.25. The molecule has 0 aliphatic carbocycles. The molecule has 1 saturated heterocycles. The minimum Gasteiger partial charge on any atom is -0.468 e. The zero-order chi connectivity index (χ0) is 18.2. The molecular weight excluding hydrogens is 331 g/mol. The number of nitrogens with zero attached hydrogens (tertiary/aromatic N) is 2. The van der Waals surface area contributed by atoms with Gasteiger partial charge in [0.05, 0.1) is 18.8 Å². The third kappa shape index (κ3) is 5.08. The lowest BCUT2D eigenvalue weighted by atomic mass is 10.2. The summed E-state index contributed by atoms with van der Waals surface area (Å²) in [5.41, 5.74) is 0.851. The van der Waals surface area contributed by atoms with Crippen molar-refractivity contribution in [2.75, 3.05) is 26.2 Å². The van der Waals surface area contributed by atoms with Gasteiger partial charge >= 0.3 is 0 Å². The van der Waals surface area contributed by atoms with Gasteiger partial charge in [-0.25, -0.2) is 9.38 Å². The molecule has 1 aliphatic rings. The Morgan fingerprint density at radius 2 is 2.08 bits per heavy atom. The van der Waals surface area contributed by atoms with Gasteiger partial charge in [-0.2, -0.15) is 0 Å². The second-order valence-electron chi connectivity index (χ2n) is 6.48. The molecule has 1 aromatic carbocycles. The van der Waals surface area contributed by atoms with Crippen LogP contribution in [0, 0.1) is 5.82 Å². The molecule has 0 spiro atoms. The summed E-state index contributed by atoms with van der Waals surface area (Å²) < 4.78 is 19.0. The summed E-state index contributed by atoms with van der Waals surface area (Å²) in [4.78, 5) is 7.03. The molecule has 1 aliphatic heterocycles. The molecule has 1 atom stereocenters. The van der Waals surface area contributed by atoms with E-state index in [4.69, 9.17) is 4.42 Å². The first-order valence-electron chi connectivity index (χ1n) is 9.30. The Balaban J connectivity index is 1.65. The summed E-state index contributed by atoms with van der Waals surface area (Å²) >= 11 is 0. The highest BCUT2D eigenvalue weighted by Crippen LogP contribution is 2.24.